The van der Waals surface area contributed by atoms with Gasteiger partial charge in [0.15, 0.2) is 0 Å². The third kappa shape index (κ3) is 4.45. The first-order valence-corrected chi connectivity index (χ1v) is 6.31. The lowest BCUT2D eigenvalue weighted by Crippen LogP contribution is -2.27. The Balaban J connectivity index is 2.17. The second-order valence-corrected chi connectivity index (χ2v) is 5.68. The zero-order chi connectivity index (χ0) is 10.6. The van der Waals surface area contributed by atoms with E-state index in [4.69, 9.17) is 0 Å². The Bertz CT molecular complexity index is 143. The molecule has 0 heterocycles. The van der Waals surface area contributed by atoms with Gasteiger partial charge in [-0.25, -0.2) is 0 Å². The summed E-state index contributed by atoms with van der Waals surface area (Å²) >= 11 is 0. The van der Waals surface area contributed by atoms with E-state index in [9.17, 15) is 0 Å². The summed E-state index contributed by atoms with van der Waals surface area (Å²) in [4.78, 5) is 0. The quantitative estimate of drug-likeness (QED) is 0.728. The molecule has 84 valence electrons. The lowest BCUT2D eigenvalue weighted by Gasteiger charge is -2.31. The first kappa shape index (κ1) is 12.0. The molecule has 0 saturated heterocycles. The fourth-order valence-electron chi connectivity index (χ4n) is 2.93. The van der Waals surface area contributed by atoms with Crippen LogP contribution in [0.25, 0.3) is 0 Å². The van der Waals surface area contributed by atoms with Crippen LogP contribution in [0.2, 0.25) is 0 Å². The molecule has 14 heavy (non-hydrogen) atoms. The van der Waals surface area contributed by atoms with Crippen LogP contribution in [0.1, 0.15) is 53.4 Å². The molecule has 0 aliphatic heterocycles. The maximum absolute atomic E-state index is 3.52. The zero-order valence-electron chi connectivity index (χ0n) is 10.3. The predicted molar refractivity (Wildman–Crippen MR) is 63.4 cm³/mol. The second kappa shape index (κ2) is 5.75. The molecular weight excluding hydrogens is 170 g/mol. The lowest BCUT2D eigenvalue weighted by atomic mass is 9.75. The molecule has 0 bridgehead atoms. The van der Waals surface area contributed by atoms with E-state index in [0.717, 1.165) is 17.8 Å². The van der Waals surface area contributed by atoms with Crippen LogP contribution in [0.3, 0.4) is 0 Å². The van der Waals surface area contributed by atoms with Crippen molar-refractivity contribution in [3.8, 4) is 0 Å². The van der Waals surface area contributed by atoms with Gasteiger partial charge in [-0.2, -0.15) is 0 Å². The van der Waals surface area contributed by atoms with Gasteiger partial charge in [0, 0.05) is 6.04 Å². The largest absolute Gasteiger partial charge is 0.315 e. The second-order valence-electron chi connectivity index (χ2n) is 5.68. The van der Waals surface area contributed by atoms with Crippen molar-refractivity contribution in [1.29, 1.82) is 0 Å². The van der Waals surface area contributed by atoms with Crippen molar-refractivity contribution in [3.63, 3.8) is 0 Å². The Morgan fingerprint density at radius 3 is 2.14 bits per heavy atom. The molecule has 1 aliphatic rings. The van der Waals surface area contributed by atoms with Crippen LogP contribution in [0, 0.1) is 17.8 Å². The van der Waals surface area contributed by atoms with Crippen molar-refractivity contribution < 1.29 is 0 Å². The van der Waals surface area contributed by atoms with Gasteiger partial charge in [0.05, 0.1) is 0 Å². The summed E-state index contributed by atoms with van der Waals surface area (Å²) in [6.45, 7) is 10.5. The summed E-state index contributed by atoms with van der Waals surface area (Å²) in [5.74, 6) is 2.91. The van der Waals surface area contributed by atoms with E-state index in [2.05, 4.69) is 33.0 Å². The number of nitrogens with one attached hydrogen (secondary N) is 1. The molecule has 0 radical (unpaired) electrons. The Labute approximate surface area is 89.7 Å². The van der Waals surface area contributed by atoms with Crippen molar-refractivity contribution in [2.75, 3.05) is 6.54 Å². The minimum absolute atomic E-state index is 0.647. The minimum Gasteiger partial charge on any atom is -0.315 e. The molecular formula is C13H27N. The van der Waals surface area contributed by atoms with Gasteiger partial charge in [0.2, 0.25) is 0 Å². The third-order valence-electron chi connectivity index (χ3n) is 3.38. The number of hydrogen-bond donors (Lipinski definition) is 1. The molecule has 1 nitrogen and oxygen atoms in total. The van der Waals surface area contributed by atoms with Crippen molar-refractivity contribution >= 4 is 0 Å². The van der Waals surface area contributed by atoms with E-state index >= 15 is 0 Å². The van der Waals surface area contributed by atoms with Crippen LogP contribution in [0.15, 0.2) is 0 Å². The minimum atomic E-state index is 0.647. The van der Waals surface area contributed by atoms with Crippen molar-refractivity contribution in [2.24, 2.45) is 17.8 Å². The average Bonchev–Trinajstić information content (AvgIpc) is 2.01. The highest BCUT2D eigenvalue weighted by atomic mass is 14.9. The molecule has 1 saturated carbocycles. The highest BCUT2D eigenvalue weighted by Gasteiger charge is 2.23. The first-order valence-electron chi connectivity index (χ1n) is 6.31. The maximum Gasteiger partial charge on any atom is 0.00103 e. The molecule has 1 rings (SSSR count). The summed E-state index contributed by atoms with van der Waals surface area (Å²) in [5.41, 5.74) is 0. The Morgan fingerprint density at radius 2 is 1.64 bits per heavy atom. The normalized spacial score (nSPS) is 33.6. The molecule has 1 aliphatic carbocycles. The van der Waals surface area contributed by atoms with Gasteiger partial charge in [0.1, 0.15) is 0 Å². The SMILES string of the molecule is CC1CC(C)CC(CCNC(C)C)C1. The molecule has 0 aromatic rings. The third-order valence-corrected chi connectivity index (χ3v) is 3.38. The van der Waals surface area contributed by atoms with E-state index in [0.29, 0.717) is 6.04 Å². The highest BCUT2D eigenvalue weighted by Crippen LogP contribution is 2.34. The Morgan fingerprint density at radius 1 is 1.07 bits per heavy atom. The average molecular weight is 197 g/mol. The van der Waals surface area contributed by atoms with Gasteiger partial charge in [-0.15, -0.1) is 0 Å². The standard InChI is InChI=1S/C13H27N/c1-10(2)14-6-5-13-8-11(3)7-12(4)9-13/h10-14H,5-9H2,1-4H3. The number of rotatable bonds is 4. The monoisotopic (exact) mass is 197 g/mol. The molecule has 1 N–H and O–H groups in total. The van der Waals surface area contributed by atoms with E-state index in [-0.39, 0.29) is 0 Å². The topological polar surface area (TPSA) is 12.0 Å². The van der Waals surface area contributed by atoms with Crippen molar-refractivity contribution in [1.82, 2.24) is 5.32 Å². The van der Waals surface area contributed by atoms with Crippen molar-refractivity contribution in [2.45, 2.75) is 59.4 Å². The van der Waals surface area contributed by atoms with Crippen molar-refractivity contribution in [3.05, 3.63) is 0 Å². The maximum atomic E-state index is 3.52. The molecule has 0 spiro atoms. The first-order chi connectivity index (χ1) is 6.58. The predicted octanol–water partition coefficient (Wildman–Crippen LogP) is 3.45. The summed E-state index contributed by atoms with van der Waals surface area (Å²) in [6, 6.07) is 0.647. The molecule has 0 aromatic carbocycles. The molecule has 0 amide bonds. The van der Waals surface area contributed by atoms with Gasteiger partial charge in [-0.1, -0.05) is 27.7 Å². The van der Waals surface area contributed by atoms with E-state index in [1.165, 1.54) is 32.2 Å². The molecule has 0 aromatic heterocycles. The van der Waals surface area contributed by atoms with Crippen LogP contribution in [0.4, 0.5) is 0 Å². The van der Waals surface area contributed by atoms with E-state index in [1.807, 2.05) is 0 Å². The van der Waals surface area contributed by atoms with Crippen LogP contribution in [0.5, 0.6) is 0 Å². The van der Waals surface area contributed by atoms with Crippen LogP contribution >= 0.6 is 0 Å². The van der Waals surface area contributed by atoms with Gasteiger partial charge < -0.3 is 5.32 Å². The molecule has 1 heteroatoms. The molecule has 2 unspecified atom stereocenters. The summed E-state index contributed by atoms with van der Waals surface area (Å²) in [6.07, 6.45) is 5.76. The van der Waals surface area contributed by atoms with Gasteiger partial charge >= 0.3 is 0 Å². The fraction of sp³-hybridized carbons (Fsp3) is 1.00. The summed E-state index contributed by atoms with van der Waals surface area (Å²) in [7, 11) is 0. The van der Waals surface area contributed by atoms with Gasteiger partial charge in [-0.05, 0) is 50.0 Å². The Kier molecular flexibility index (Phi) is 4.94. The van der Waals surface area contributed by atoms with Crippen LogP contribution < -0.4 is 5.32 Å². The molecule has 2 atom stereocenters. The molecule has 1 fully saturated rings. The van der Waals surface area contributed by atoms with Gasteiger partial charge in [0.25, 0.3) is 0 Å². The van der Waals surface area contributed by atoms with E-state index < -0.39 is 0 Å². The smallest absolute Gasteiger partial charge is 0.00103 e. The fourth-order valence-corrected chi connectivity index (χ4v) is 2.93. The van der Waals surface area contributed by atoms with Crippen LogP contribution in [-0.2, 0) is 0 Å². The number of hydrogen-bond acceptors (Lipinski definition) is 1. The zero-order valence-corrected chi connectivity index (χ0v) is 10.3. The Hall–Kier alpha value is -0.0400. The lowest BCUT2D eigenvalue weighted by molar-refractivity contribution is 0.208. The van der Waals surface area contributed by atoms with E-state index in [1.54, 1.807) is 0 Å². The summed E-state index contributed by atoms with van der Waals surface area (Å²) in [5, 5.41) is 3.52. The summed E-state index contributed by atoms with van der Waals surface area (Å²) < 4.78 is 0. The highest BCUT2D eigenvalue weighted by molar-refractivity contribution is 4.75. The van der Waals surface area contributed by atoms with Gasteiger partial charge in [-0.3, -0.25) is 0 Å². The van der Waals surface area contributed by atoms with Crippen LogP contribution in [-0.4, -0.2) is 12.6 Å².